The lowest BCUT2D eigenvalue weighted by molar-refractivity contribution is 0.317. The average Bonchev–Trinajstić information content (AvgIpc) is 2.55. The van der Waals surface area contributed by atoms with Crippen molar-refractivity contribution in [3.8, 4) is 17.4 Å². The minimum Gasteiger partial charge on any atom is -0.494 e. The summed E-state index contributed by atoms with van der Waals surface area (Å²) >= 11 is 0. The van der Waals surface area contributed by atoms with Crippen molar-refractivity contribution in [1.82, 2.24) is 9.97 Å². The monoisotopic (exact) mass is 298 g/mol. The molecule has 112 valence electrons. The van der Waals surface area contributed by atoms with Crippen molar-refractivity contribution >= 4 is 10.9 Å². The highest BCUT2D eigenvalue weighted by molar-refractivity contribution is 5.83. The van der Waals surface area contributed by atoms with Crippen LogP contribution in [0.15, 0.2) is 48.8 Å². The van der Waals surface area contributed by atoms with Gasteiger partial charge in [0.25, 0.3) is 0 Å². The zero-order valence-corrected chi connectivity index (χ0v) is 12.1. The van der Waals surface area contributed by atoms with E-state index in [1.165, 1.54) is 18.5 Å². The van der Waals surface area contributed by atoms with E-state index in [-0.39, 0.29) is 5.82 Å². The number of rotatable bonds is 5. The van der Waals surface area contributed by atoms with E-state index in [1.54, 1.807) is 18.2 Å². The van der Waals surface area contributed by atoms with E-state index in [0.717, 1.165) is 12.2 Å². The Morgan fingerprint density at radius 1 is 1.00 bits per heavy atom. The van der Waals surface area contributed by atoms with Gasteiger partial charge < -0.3 is 9.47 Å². The van der Waals surface area contributed by atoms with Crippen LogP contribution in [0.3, 0.4) is 0 Å². The van der Waals surface area contributed by atoms with E-state index >= 15 is 0 Å². The quantitative estimate of drug-likeness (QED) is 0.702. The molecule has 0 unspecified atom stereocenters. The standard InChI is InChI=1S/C17H15FN2O2/c1-2-9-21-13-4-6-14(7-5-13)22-17-15-10-12(18)3-8-16(15)19-11-20-17/h3-8,10-11H,2,9H2,1H3. The average molecular weight is 298 g/mol. The topological polar surface area (TPSA) is 44.2 Å². The van der Waals surface area contributed by atoms with Gasteiger partial charge in [-0.1, -0.05) is 6.92 Å². The molecule has 2 aromatic carbocycles. The molecule has 22 heavy (non-hydrogen) atoms. The smallest absolute Gasteiger partial charge is 0.230 e. The third-order valence-electron chi connectivity index (χ3n) is 3.07. The zero-order valence-electron chi connectivity index (χ0n) is 12.1. The summed E-state index contributed by atoms with van der Waals surface area (Å²) in [6, 6.07) is 11.6. The lowest BCUT2D eigenvalue weighted by Crippen LogP contribution is -1.95. The van der Waals surface area contributed by atoms with Gasteiger partial charge in [-0.05, 0) is 48.9 Å². The van der Waals surface area contributed by atoms with Gasteiger partial charge >= 0.3 is 0 Å². The Labute approximate surface area is 127 Å². The van der Waals surface area contributed by atoms with E-state index in [0.29, 0.717) is 29.1 Å². The van der Waals surface area contributed by atoms with Crippen LogP contribution < -0.4 is 9.47 Å². The summed E-state index contributed by atoms with van der Waals surface area (Å²) in [4.78, 5) is 8.18. The molecule has 0 saturated heterocycles. The summed E-state index contributed by atoms with van der Waals surface area (Å²) in [6.45, 7) is 2.73. The third kappa shape index (κ3) is 3.14. The fourth-order valence-electron chi connectivity index (χ4n) is 2.02. The molecule has 3 aromatic rings. The van der Waals surface area contributed by atoms with Crippen LogP contribution in [0.25, 0.3) is 10.9 Å². The fourth-order valence-corrected chi connectivity index (χ4v) is 2.02. The van der Waals surface area contributed by atoms with Gasteiger partial charge in [0.15, 0.2) is 0 Å². The normalized spacial score (nSPS) is 10.6. The lowest BCUT2D eigenvalue weighted by Gasteiger charge is -2.09. The maximum Gasteiger partial charge on any atom is 0.230 e. The van der Waals surface area contributed by atoms with E-state index in [9.17, 15) is 4.39 Å². The third-order valence-corrected chi connectivity index (χ3v) is 3.07. The Morgan fingerprint density at radius 3 is 2.55 bits per heavy atom. The Kier molecular flexibility index (Phi) is 4.14. The predicted octanol–water partition coefficient (Wildman–Crippen LogP) is 4.35. The fraction of sp³-hybridized carbons (Fsp3) is 0.176. The van der Waals surface area contributed by atoms with E-state index in [2.05, 4.69) is 16.9 Å². The van der Waals surface area contributed by atoms with Crippen molar-refractivity contribution in [2.24, 2.45) is 0 Å². The summed E-state index contributed by atoms with van der Waals surface area (Å²) in [5.74, 6) is 1.36. The Hall–Kier alpha value is -2.69. The van der Waals surface area contributed by atoms with Crippen molar-refractivity contribution in [2.75, 3.05) is 6.61 Å². The summed E-state index contributed by atoms with van der Waals surface area (Å²) in [6.07, 6.45) is 2.35. The van der Waals surface area contributed by atoms with Gasteiger partial charge in [-0.3, -0.25) is 0 Å². The maximum absolute atomic E-state index is 13.4. The summed E-state index contributed by atoms with van der Waals surface area (Å²) in [5.41, 5.74) is 0.634. The van der Waals surface area contributed by atoms with Crippen LogP contribution in [-0.2, 0) is 0 Å². The molecular weight excluding hydrogens is 283 g/mol. The van der Waals surface area contributed by atoms with Gasteiger partial charge in [0.2, 0.25) is 5.88 Å². The van der Waals surface area contributed by atoms with Crippen LogP contribution in [0.5, 0.6) is 17.4 Å². The molecule has 0 spiro atoms. The number of aromatic nitrogens is 2. The molecule has 0 amide bonds. The van der Waals surface area contributed by atoms with Crippen molar-refractivity contribution in [1.29, 1.82) is 0 Å². The minimum absolute atomic E-state index is 0.326. The first-order chi connectivity index (χ1) is 10.8. The minimum atomic E-state index is -0.351. The molecule has 0 bridgehead atoms. The van der Waals surface area contributed by atoms with Crippen LogP contribution in [0.1, 0.15) is 13.3 Å². The molecule has 0 saturated carbocycles. The second-order valence-corrected chi connectivity index (χ2v) is 4.76. The highest BCUT2D eigenvalue weighted by Gasteiger charge is 2.07. The maximum atomic E-state index is 13.4. The molecule has 0 radical (unpaired) electrons. The second-order valence-electron chi connectivity index (χ2n) is 4.76. The largest absolute Gasteiger partial charge is 0.494 e. The van der Waals surface area contributed by atoms with Gasteiger partial charge in [0.05, 0.1) is 17.5 Å². The number of benzene rings is 2. The van der Waals surface area contributed by atoms with Crippen molar-refractivity contribution < 1.29 is 13.9 Å². The second kappa shape index (κ2) is 6.39. The van der Waals surface area contributed by atoms with Crippen LogP contribution in [0.2, 0.25) is 0 Å². The molecule has 4 nitrogen and oxygen atoms in total. The summed E-state index contributed by atoms with van der Waals surface area (Å²) < 4.78 is 24.6. The first-order valence-corrected chi connectivity index (χ1v) is 7.07. The summed E-state index contributed by atoms with van der Waals surface area (Å²) in [7, 11) is 0. The Morgan fingerprint density at radius 2 is 1.77 bits per heavy atom. The first-order valence-electron chi connectivity index (χ1n) is 7.07. The predicted molar refractivity (Wildman–Crippen MR) is 81.8 cm³/mol. The van der Waals surface area contributed by atoms with Crippen LogP contribution in [0, 0.1) is 5.82 Å². The van der Waals surface area contributed by atoms with E-state index < -0.39 is 0 Å². The SMILES string of the molecule is CCCOc1ccc(Oc2ncnc3ccc(F)cc23)cc1. The summed E-state index contributed by atoms with van der Waals surface area (Å²) in [5, 5.41) is 0.536. The molecular formula is C17H15FN2O2. The number of fused-ring (bicyclic) bond motifs is 1. The number of hydrogen-bond acceptors (Lipinski definition) is 4. The van der Waals surface area contributed by atoms with Gasteiger partial charge in [-0.2, -0.15) is 0 Å². The molecule has 3 rings (SSSR count). The molecule has 1 aromatic heterocycles. The molecule has 0 N–H and O–H groups in total. The van der Waals surface area contributed by atoms with E-state index in [1.807, 2.05) is 12.1 Å². The molecule has 0 fully saturated rings. The number of ether oxygens (including phenoxy) is 2. The highest BCUT2D eigenvalue weighted by atomic mass is 19.1. The number of nitrogens with zero attached hydrogens (tertiary/aromatic N) is 2. The number of hydrogen-bond donors (Lipinski definition) is 0. The van der Waals surface area contributed by atoms with Crippen LogP contribution in [-0.4, -0.2) is 16.6 Å². The van der Waals surface area contributed by atoms with Gasteiger partial charge in [-0.15, -0.1) is 0 Å². The van der Waals surface area contributed by atoms with Gasteiger partial charge in [0, 0.05) is 0 Å². The Balaban J connectivity index is 1.85. The first kappa shape index (κ1) is 14.3. The molecule has 5 heteroatoms. The van der Waals surface area contributed by atoms with Crippen LogP contribution >= 0.6 is 0 Å². The molecule has 0 aliphatic heterocycles. The molecule has 1 heterocycles. The lowest BCUT2D eigenvalue weighted by atomic mass is 10.2. The van der Waals surface area contributed by atoms with Crippen LogP contribution in [0.4, 0.5) is 4.39 Å². The Bertz CT molecular complexity index is 775. The van der Waals surface area contributed by atoms with E-state index in [4.69, 9.17) is 9.47 Å². The highest BCUT2D eigenvalue weighted by Crippen LogP contribution is 2.28. The number of halogens is 1. The van der Waals surface area contributed by atoms with Gasteiger partial charge in [-0.25, -0.2) is 14.4 Å². The molecule has 0 aliphatic carbocycles. The molecule has 0 atom stereocenters. The van der Waals surface area contributed by atoms with Crippen molar-refractivity contribution in [3.05, 3.63) is 54.6 Å². The molecule has 0 aliphatic rings. The zero-order chi connectivity index (χ0) is 15.4. The van der Waals surface area contributed by atoms with Crippen molar-refractivity contribution in [3.63, 3.8) is 0 Å². The van der Waals surface area contributed by atoms with Crippen molar-refractivity contribution in [2.45, 2.75) is 13.3 Å². The van der Waals surface area contributed by atoms with Gasteiger partial charge in [0.1, 0.15) is 23.6 Å².